The summed E-state index contributed by atoms with van der Waals surface area (Å²) >= 11 is 1.52. The average molecular weight is 420 g/mol. The molecule has 0 aliphatic heterocycles. The molecule has 0 aliphatic rings. The maximum Gasteiger partial charge on any atom is 0.345 e. The topological polar surface area (TPSA) is 117 Å². The summed E-state index contributed by atoms with van der Waals surface area (Å²) in [6, 6.07) is 9.38. The Hall–Kier alpha value is -3.27. The van der Waals surface area contributed by atoms with E-state index in [2.05, 4.69) is 5.32 Å². The summed E-state index contributed by atoms with van der Waals surface area (Å²) in [5, 5.41) is 13.9. The summed E-state index contributed by atoms with van der Waals surface area (Å²) in [5.41, 5.74) is -0.300. The molecule has 0 saturated heterocycles. The van der Waals surface area contributed by atoms with Gasteiger partial charge in [-0.05, 0) is 31.4 Å². The Bertz CT molecular complexity index is 917. The minimum absolute atomic E-state index is 0.129. The Kier molecular flexibility index (Phi) is 7.84. The molecule has 0 spiro atoms. The normalized spacial score (nSPS) is 10.2. The molecule has 1 N–H and O–H groups in total. The molecule has 10 heteroatoms. The molecule has 0 bridgehead atoms. The number of nitro groups is 1. The monoisotopic (exact) mass is 420 g/mol. The maximum atomic E-state index is 12.4. The van der Waals surface area contributed by atoms with Crippen LogP contribution < -0.4 is 14.8 Å². The molecule has 0 aromatic heterocycles. The first-order chi connectivity index (χ1) is 13.9. The van der Waals surface area contributed by atoms with Crippen LogP contribution in [0, 0.1) is 10.1 Å². The third-order valence-corrected chi connectivity index (χ3v) is 4.41. The number of nitrogens with zero attached hydrogens (tertiary/aromatic N) is 1. The van der Waals surface area contributed by atoms with Gasteiger partial charge >= 0.3 is 5.97 Å². The van der Waals surface area contributed by atoms with Crippen molar-refractivity contribution < 1.29 is 28.7 Å². The van der Waals surface area contributed by atoms with Crippen molar-refractivity contribution in [3.05, 3.63) is 52.1 Å². The Labute approximate surface area is 171 Å². The van der Waals surface area contributed by atoms with Crippen LogP contribution >= 0.6 is 11.8 Å². The smallest absolute Gasteiger partial charge is 0.345 e. The number of methoxy groups -OCH3 is 1. The SMILES string of the molecule is CCOc1cc([N+](=O)[O-])c(C(=O)OCC(=O)Nc2cccc(SC)c2)cc1OC. The highest BCUT2D eigenvalue weighted by Gasteiger charge is 2.26. The minimum atomic E-state index is -1.02. The van der Waals surface area contributed by atoms with Crippen molar-refractivity contribution in [1.82, 2.24) is 0 Å². The Morgan fingerprint density at radius 3 is 2.59 bits per heavy atom. The van der Waals surface area contributed by atoms with Crippen LogP contribution in [-0.2, 0) is 9.53 Å². The standard InChI is InChI=1S/C19H20N2O7S/c1-4-27-17-10-15(21(24)25)14(9-16(17)26-2)19(23)28-11-18(22)20-12-6-5-7-13(8-12)29-3/h5-10H,4,11H2,1-3H3,(H,20,22). The molecule has 1 amide bonds. The molecule has 0 fully saturated rings. The van der Waals surface area contributed by atoms with E-state index in [9.17, 15) is 19.7 Å². The van der Waals surface area contributed by atoms with Gasteiger partial charge in [-0.2, -0.15) is 0 Å². The van der Waals surface area contributed by atoms with E-state index in [0.717, 1.165) is 17.0 Å². The highest BCUT2D eigenvalue weighted by atomic mass is 32.2. The van der Waals surface area contributed by atoms with E-state index in [1.54, 1.807) is 25.1 Å². The number of nitro benzene ring substituents is 1. The summed E-state index contributed by atoms with van der Waals surface area (Å²) in [6.07, 6.45) is 1.90. The second-order valence-corrected chi connectivity index (χ2v) is 6.45. The lowest BCUT2D eigenvalue weighted by Gasteiger charge is -2.12. The minimum Gasteiger partial charge on any atom is -0.493 e. The van der Waals surface area contributed by atoms with Gasteiger partial charge in [-0.3, -0.25) is 14.9 Å². The maximum absolute atomic E-state index is 12.4. The van der Waals surface area contributed by atoms with E-state index in [0.29, 0.717) is 5.69 Å². The predicted molar refractivity (Wildman–Crippen MR) is 108 cm³/mol. The quantitative estimate of drug-likeness (QED) is 0.283. The lowest BCUT2D eigenvalue weighted by molar-refractivity contribution is -0.385. The third kappa shape index (κ3) is 5.85. The first kappa shape index (κ1) is 22.0. The molecule has 0 heterocycles. The summed E-state index contributed by atoms with van der Waals surface area (Å²) in [5.74, 6) is -1.32. The second kappa shape index (κ2) is 10.3. The Morgan fingerprint density at radius 1 is 1.21 bits per heavy atom. The van der Waals surface area contributed by atoms with Crippen LogP contribution in [0.4, 0.5) is 11.4 Å². The molecular formula is C19H20N2O7S. The number of ether oxygens (including phenoxy) is 3. The van der Waals surface area contributed by atoms with Crippen LogP contribution in [-0.4, -0.2) is 43.4 Å². The molecule has 0 atom stereocenters. The van der Waals surface area contributed by atoms with Gasteiger partial charge in [0.25, 0.3) is 11.6 Å². The van der Waals surface area contributed by atoms with Gasteiger partial charge in [-0.15, -0.1) is 11.8 Å². The van der Waals surface area contributed by atoms with Crippen LogP contribution in [0.15, 0.2) is 41.3 Å². The number of hydrogen-bond donors (Lipinski definition) is 1. The number of nitrogens with one attached hydrogen (secondary N) is 1. The van der Waals surface area contributed by atoms with E-state index in [1.807, 2.05) is 12.3 Å². The van der Waals surface area contributed by atoms with Gasteiger partial charge in [0.05, 0.1) is 24.7 Å². The number of carbonyl (C=O) groups is 2. The van der Waals surface area contributed by atoms with Crippen molar-refractivity contribution in [2.24, 2.45) is 0 Å². The van der Waals surface area contributed by atoms with Gasteiger partial charge in [0.2, 0.25) is 0 Å². The van der Waals surface area contributed by atoms with E-state index in [-0.39, 0.29) is 23.7 Å². The summed E-state index contributed by atoms with van der Waals surface area (Å²) in [4.78, 5) is 36.0. The summed E-state index contributed by atoms with van der Waals surface area (Å²) in [7, 11) is 1.34. The first-order valence-corrected chi connectivity index (χ1v) is 9.72. The molecule has 0 saturated carbocycles. The molecule has 0 aliphatic carbocycles. The zero-order chi connectivity index (χ0) is 21.4. The van der Waals surface area contributed by atoms with Crippen molar-refractivity contribution in [3.63, 3.8) is 0 Å². The average Bonchev–Trinajstić information content (AvgIpc) is 2.71. The van der Waals surface area contributed by atoms with Crippen LogP contribution in [0.25, 0.3) is 0 Å². The van der Waals surface area contributed by atoms with Crippen molar-refractivity contribution in [2.75, 3.05) is 31.9 Å². The predicted octanol–water partition coefficient (Wildman–Crippen LogP) is 3.52. The number of hydrogen-bond acceptors (Lipinski definition) is 8. The van der Waals surface area contributed by atoms with Gasteiger partial charge in [-0.25, -0.2) is 4.79 Å². The van der Waals surface area contributed by atoms with Gasteiger partial charge < -0.3 is 19.5 Å². The Morgan fingerprint density at radius 2 is 1.97 bits per heavy atom. The highest BCUT2D eigenvalue weighted by Crippen LogP contribution is 2.35. The van der Waals surface area contributed by atoms with Crippen LogP contribution in [0.5, 0.6) is 11.5 Å². The third-order valence-electron chi connectivity index (χ3n) is 3.69. The zero-order valence-electron chi connectivity index (χ0n) is 16.1. The number of benzene rings is 2. The molecule has 2 rings (SSSR count). The molecule has 0 radical (unpaired) electrons. The summed E-state index contributed by atoms with van der Waals surface area (Å²) in [6.45, 7) is 1.37. The number of esters is 1. The van der Waals surface area contributed by atoms with E-state index in [4.69, 9.17) is 14.2 Å². The molecule has 9 nitrogen and oxygen atoms in total. The van der Waals surface area contributed by atoms with E-state index in [1.165, 1.54) is 18.9 Å². The fourth-order valence-electron chi connectivity index (χ4n) is 2.40. The molecule has 29 heavy (non-hydrogen) atoms. The van der Waals surface area contributed by atoms with E-state index < -0.39 is 29.1 Å². The fraction of sp³-hybridized carbons (Fsp3) is 0.263. The van der Waals surface area contributed by atoms with Crippen molar-refractivity contribution >= 4 is 35.0 Å². The molecule has 2 aromatic carbocycles. The van der Waals surface area contributed by atoms with Crippen molar-refractivity contribution in [2.45, 2.75) is 11.8 Å². The largest absolute Gasteiger partial charge is 0.493 e. The molecule has 154 valence electrons. The molecular weight excluding hydrogens is 400 g/mol. The Balaban J connectivity index is 2.12. The summed E-state index contributed by atoms with van der Waals surface area (Å²) < 4.78 is 15.4. The van der Waals surface area contributed by atoms with Crippen LogP contribution in [0.2, 0.25) is 0 Å². The van der Waals surface area contributed by atoms with E-state index >= 15 is 0 Å². The number of anilines is 1. The number of rotatable bonds is 9. The van der Waals surface area contributed by atoms with Crippen molar-refractivity contribution in [1.29, 1.82) is 0 Å². The van der Waals surface area contributed by atoms with Crippen LogP contribution in [0.3, 0.4) is 0 Å². The first-order valence-electron chi connectivity index (χ1n) is 8.49. The van der Waals surface area contributed by atoms with Gasteiger partial charge in [0.1, 0.15) is 5.56 Å². The number of amides is 1. The van der Waals surface area contributed by atoms with Gasteiger partial charge in [-0.1, -0.05) is 6.07 Å². The fourth-order valence-corrected chi connectivity index (χ4v) is 2.86. The molecule has 0 unspecified atom stereocenters. The number of thioether (sulfide) groups is 1. The number of carbonyl (C=O) groups excluding carboxylic acids is 2. The van der Waals surface area contributed by atoms with Gasteiger partial charge in [0.15, 0.2) is 18.1 Å². The van der Waals surface area contributed by atoms with Gasteiger partial charge in [0, 0.05) is 16.6 Å². The lowest BCUT2D eigenvalue weighted by atomic mass is 10.1. The highest BCUT2D eigenvalue weighted by molar-refractivity contribution is 7.98. The van der Waals surface area contributed by atoms with Crippen LogP contribution in [0.1, 0.15) is 17.3 Å². The second-order valence-electron chi connectivity index (χ2n) is 5.57. The van der Waals surface area contributed by atoms with Crippen molar-refractivity contribution in [3.8, 4) is 11.5 Å². The molecule has 2 aromatic rings. The zero-order valence-corrected chi connectivity index (χ0v) is 16.9. The lowest BCUT2D eigenvalue weighted by Crippen LogP contribution is -2.21.